The van der Waals surface area contributed by atoms with Gasteiger partial charge in [0.05, 0.1) is 0 Å². The van der Waals surface area contributed by atoms with Crippen LogP contribution < -0.4 is 11.1 Å². The second-order valence-corrected chi connectivity index (χ2v) is 4.77. The molecule has 19 heavy (non-hydrogen) atoms. The molecule has 2 heterocycles. The standard InChI is InChI=1S/C12H12ClN3O3/c13-8-1-2-10-9(7-8)16(12(18)19-10)11(17)15-5-3-14-4-6-15/h1-2,7,14H,3-6H2. The fraction of sp³-hybridized carbons (Fsp3) is 0.333. The number of amides is 1. The van der Waals surface area contributed by atoms with Crippen LogP contribution in [-0.4, -0.2) is 41.7 Å². The first-order valence-electron chi connectivity index (χ1n) is 5.98. The first-order valence-corrected chi connectivity index (χ1v) is 6.36. The molecule has 0 unspecified atom stereocenters. The number of nitrogens with one attached hydrogen (secondary N) is 1. The molecule has 0 radical (unpaired) electrons. The Bertz CT molecular complexity index is 685. The molecule has 1 amide bonds. The van der Waals surface area contributed by atoms with Gasteiger partial charge in [-0.25, -0.2) is 9.59 Å². The van der Waals surface area contributed by atoms with Gasteiger partial charge in [-0.1, -0.05) is 11.6 Å². The third-order valence-corrected chi connectivity index (χ3v) is 3.36. The van der Waals surface area contributed by atoms with E-state index in [9.17, 15) is 9.59 Å². The Morgan fingerprint density at radius 2 is 2.05 bits per heavy atom. The zero-order valence-electron chi connectivity index (χ0n) is 10.1. The van der Waals surface area contributed by atoms with Crippen molar-refractivity contribution in [3.05, 3.63) is 33.8 Å². The molecule has 0 bridgehead atoms. The number of aromatic nitrogens is 1. The van der Waals surface area contributed by atoms with Gasteiger partial charge in [-0.2, -0.15) is 4.57 Å². The van der Waals surface area contributed by atoms with Gasteiger partial charge in [-0.05, 0) is 18.2 Å². The number of oxazole rings is 1. The van der Waals surface area contributed by atoms with Crippen molar-refractivity contribution in [1.29, 1.82) is 0 Å². The number of carbonyl (C=O) groups is 1. The molecule has 1 aromatic carbocycles. The van der Waals surface area contributed by atoms with Crippen molar-refractivity contribution < 1.29 is 9.21 Å². The molecule has 6 nitrogen and oxygen atoms in total. The summed E-state index contributed by atoms with van der Waals surface area (Å²) in [6.45, 7) is 2.57. The summed E-state index contributed by atoms with van der Waals surface area (Å²) in [6.07, 6.45) is 0. The number of fused-ring (bicyclic) bond motifs is 1. The summed E-state index contributed by atoms with van der Waals surface area (Å²) in [4.78, 5) is 25.8. The van der Waals surface area contributed by atoms with Crippen LogP contribution in [0, 0.1) is 0 Å². The number of nitrogens with zero attached hydrogens (tertiary/aromatic N) is 2. The molecule has 1 N–H and O–H groups in total. The molecule has 0 spiro atoms. The number of piperazine rings is 1. The molecular weight excluding hydrogens is 270 g/mol. The van der Waals surface area contributed by atoms with Crippen LogP contribution >= 0.6 is 11.6 Å². The van der Waals surface area contributed by atoms with Crippen molar-refractivity contribution in [3.8, 4) is 0 Å². The number of benzene rings is 1. The smallest absolute Gasteiger partial charge is 0.407 e. The van der Waals surface area contributed by atoms with Gasteiger partial charge in [0.2, 0.25) is 0 Å². The van der Waals surface area contributed by atoms with Crippen molar-refractivity contribution in [3.63, 3.8) is 0 Å². The monoisotopic (exact) mass is 281 g/mol. The fourth-order valence-corrected chi connectivity index (χ4v) is 2.33. The Kier molecular flexibility index (Phi) is 3.04. The van der Waals surface area contributed by atoms with Crippen molar-refractivity contribution in [2.24, 2.45) is 0 Å². The van der Waals surface area contributed by atoms with Crippen molar-refractivity contribution in [1.82, 2.24) is 14.8 Å². The van der Waals surface area contributed by atoms with Crippen molar-refractivity contribution in [2.75, 3.05) is 26.2 Å². The van der Waals surface area contributed by atoms with E-state index in [1.54, 1.807) is 23.1 Å². The van der Waals surface area contributed by atoms with Gasteiger partial charge in [0.15, 0.2) is 5.58 Å². The van der Waals surface area contributed by atoms with Crippen LogP contribution in [0.2, 0.25) is 5.02 Å². The first kappa shape index (κ1) is 12.3. The minimum atomic E-state index is -0.680. The Morgan fingerprint density at radius 3 is 2.79 bits per heavy atom. The van der Waals surface area contributed by atoms with Crippen LogP contribution in [0.15, 0.2) is 27.4 Å². The largest absolute Gasteiger partial charge is 0.428 e. The van der Waals surface area contributed by atoms with E-state index in [1.165, 1.54) is 0 Å². The van der Waals surface area contributed by atoms with Crippen molar-refractivity contribution >= 4 is 28.7 Å². The number of hydrogen-bond donors (Lipinski definition) is 1. The Morgan fingerprint density at radius 1 is 1.32 bits per heavy atom. The third kappa shape index (κ3) is 2.13. The molecule has 0 saturated carbocycles. The first-order chi connectivity index (χ1) is 9.16. The molecule has 1 aliphatic rings. The van der Waals surface area contributed by atoms with E-state index in [4.69, 9.17) is 16.0 Å². The summed E-state index contributed by atoms with van der Waals surface area (Å²) < 4.78 is 6.09. The van der Waals surface area contributed by atoms with Crippen molar-refractivity contribution in [2.45, 2.75) is 0 Å². The Balaban J connectivity index is 2.08. The molecular formula is C12H12ClN3O3. The average molecular weight is 282 g/mol. The van der Waals surface area contributed by atoms with E-state index >= 15 is 0 Å². The highest BCUT2D eigenvalue weighted by atomic mass is 35.5. The number of carbonyl (C=O) groups excluding carboxylic acids is 1. The minimum Gasteiger partial charge on any atom is -0.407 e. The van der Waals surface area contributed by atoms with Crippen LogP contribution in [-0.2, 0) is 0 Å². The lowest BCUT2D eigenvalue weighted by Crippen LogP contribution is -2.49. The molecule has 3 rings (SSSR count). The summed E-state index contributed by atoms with van der Waals surface area (Å²) >= 11 is 5.90. The van der Waals surface area contributed by atoms with Crippen LogP contribution in [0.1, 0.15) is 0 Å². The van der Waals surface area contributed by atoms with Gasteiger partial charge < -0.3 is 14.6 Å². The van der Waals surface area contributed by atoms with Gasteiger partial charge in [0.1, 0.15) is 5.52 Å². The summed E-state index contributed by atoms with van der Waals surface area (Å²) in [7, 11) is 0. The normalized spacial score (nSPS) is 15.9. The topological polar surface area (TPSA) is 67.5 Å². The maximum atomic E-state index is 12.4. The van der Waals surface area contributed by atoms with Gasteiger partial charge >= 0.3 is 11.8 Å². The Labute approximate surface area is 113 Å². The van der Waals surface area contributed by atoms with Crippen LogP contribution in [0.5, 0.6) is 0 Å². The van der Waals surface area contributed by atoms with Gasteiger partial charge in [-0.15, -0.1) is 0 Å². The number of rotatable bonds is 0. The lowest BCUT2D eigenvalue weighted by molar-refractivity contribution is 0.190. The number of hydrogen-bond acceptors (Lipinski definition) is 4. The van der Waals surface area contributed by atoms with E-state index in [2.05, 4.69) is 5.32 Å². The summed E-state index contributed by atoms with van der Waals surface area (Å²) in [5, 5.41) is 3.60. The van der Waals surface area contributed by atoms with E-state index in [0.29, 0.717) is 29.2 Å². The molecule has 7 heteroatoms. The molecule has 1 fully saturated rings. The van der Waals surface area contributed by atoms with Gasteiger partial charge in [0.25, 0.3) is 0 Å². The predicted octanol–water partition coefficient (Wildman–Crippen LogP) is 1.12. The summed E-state index contributed by atoms with van der Waals surface area (Å²) in [6, 6.07) is 4.39. The zero-order chi connectivity index (χ0) is 13.4. The van der Waals surface area contributed by atoms with E-state index < -0.39 is 5.76 Å². The lowest BCUT2D eigenvalue weighted by Gasteiger charge is -2.26. The predicted molar refractivity (Wildman–Crippen MR) is 70.7 cm³/mol. The second-order valence-electron chi connectivity index (χ2n) is 4.34. The van der Waals surface area contributed by atoms with Crippen LogP contribution in [0.25, 0.3) is 11.1 Å². The van der Waals surface area contributed by atoms with E-state index in [1.807, 2.05) is 0 Å². The molecule has 1 aromatic heterocycles. The highest BCUT2D eigenvalue weighted by molar-refractivity contribution is 6.31. The molecule has 1 aliphatic heterocycles. The van der Waals surface area contributed by atoms with E-state index in [-0.39, 0.29) is 6.03 Å². The maximum absolute atomic E-state index is 12.4. The number of halogens is 1. The molecule has 100 valence electrons. The minimum absolute atomic E-state index is 0.359. The van der Waals surface area contributed by atoms with Crippen LogP contribution in [0.4, 0.5) is 4.79 Å². The molecule has 0 atom stereocenters. The molecule has 2 aromatic rings. The Hall–Kier alpha value is -1.79. The van der Waals surface area contributed by atoms with Gasteiger partial charge in [-0.3, -0.25) is 0 Å². The highest BCUT2D eigenvalue weighted by Crippen LogP contribution is 2.18. The second kappa shape index (κ2) is 4.71. The zero-order valence-corrected chi connectivity index (χ0v) is 10.8. The third-order valence-electron chi connectivity index (χ3n) is 3.12. The molecule has 1 saturated heterocycles. The SMILES string of the molecule is O=C(N1CCNCC1)n1c(=O)oc2ccc(Cl)cc21. The summed E-state index contributed by atoms with van der Waals surface area (Å²) in [5.74, 6) is -0.680. The average Bonchev–Trinajstić information content (AvgIpc) is 2.74. The molecule has 0 aliphatic carbocycles. The van der Waals surface area contributed by atoms with E-state index in [0.717, 1.165) is 17.7 Å². The maximum Gasteiger partial charge on any atom is 0.428 e. The highest BCUT2D eigenvalue weighted by Gasteiger charge is 2.23. The summed E-state index contributed by atoms with van der Waals surface area (Å²) in [5.41, 5.74) is 0.763. The quantitative estimate of drug-likeness (QED) is 0.786. The fourth-order valence-electron chi connectivity index (χ4n) is 2.17. The van der Waals surface area contributed by atoms with Gasteiger partial charge in [0, 0.05) is 31.2 Å². The van der Waals surface area contributed by atoms with Crippen LogP contribution in [0.3, 0.4) is 0 Å². The lowest BCUT2D eigenvalue weighted by atomic mass is 10.3.